The molecule has 5 heterocycles. The van der Waals surface area contributed by atoms with Crippen molar-refractivity contribution in [3.05, 3.63) is 0 Å². The van der Waals surface area contributed by atoms with Gasteiger partial charge in [0.05, 0.1) is 67.6 Å². The van der Waals surface area contributed by atoms with Gasteiger partial charge in [-0.2, -0.15) is 0 Å². The van der Waals surface area contributed by atoms with E-state index in [4.69, 9.17) is 37.9 Å². The summed E-state index contributed by atoms with van der Waals surface area (Å²) in [4.78, 5) is 38.3. The standard InChI is InChI=1S/C58H102O11/c1-4-7-10-11-15-24-33-46-47(65-46)34-25-16-14-21-30-39-58(61)64-45(44-63-57(60)38-29-20-13-18-27-36-51-55(69-51)43-53-49(67-53)32-23-9-6-3)40-41-62-56(59)37-28-19-12-17-26-35-50-54(68-50)42-52-48(66-52)31-22-8-5-2/h45-55H,4-44H2,1-3H3. The van der Waals surface area contributed by atoms with Gasteiger partial charge in [0, 0.05) is 38.5 Å². The number of hydrogen-bond acceptors (Lipinski definition) is 11. The van der Waals surface area contributed by atoms with Crippen molar-refractivity contribution in [2.24, 2.45) is 0 Å². The number of esters is 3. The summed E-state index contributed by atoms with van der Waals surface area (Å²) in [6, 6.07) is 0. The van der Waals surface area contributed by atoms with Gasteiger partial charge in [-0.25, -0.2) is 0 Å². The highest BCUT2D eigenvalue weighted by Crippen LogP contribution is 2.40. The largest absolute Gasteiger partial charge is 0.466 e. The summed E-state index contributed by atoms with van der Waals surface area (Å²) < 4.78 is 46.5. The smallest absolute Gasteiger partial charge is 0.306 e. The van der Waals surface area contributed by atoms with Gasteiger partial charge in [0.15, 0.2) is 0 Å². The molecule has 0 aliphatic carbocycles. The minimum absolute atomic E-state index is 0.0142. The molecule has 5 aliphatic rings. The van der Waals surface area contributed by atoms with Crippen molar-refractivity contribution in [2.75, 3.05) is 13.2 Å². The van der Waals surface area contributed by atoms with Crippen LogP contribution in [0.5, 0.6) is 0 Å². The first-order chi connectivity index (χ1) is 33.9. The lowest BCUT2D eigenvalue weighted by Gasteiger charge is -2.18. The van der Waals surface area contributed by atoms with E-state index in [1.165, 1.54) is 103 Å². The molecular formula is C58H102O11. The maximum atomic E-state index is 12.9. The third kappa shape index (κ3) is 27.7. The number of ether oxygens (including phenoxy) is 8. The molecule has 0 spiro atoms. The summed E-state index contributed by atoms with van der Waals surface area (Å²) in [5.74, 6) is -0.785. The van der Waals surface area contributed by atoms with E-state index in [2.05, 4.69) is 20.8 Å². The second-order valence-electron chi connectivity index (χ2n) is 21.8. The molecule has 5 fully saturated rings. The van der Waals surface area contributed by atoms with Gasteiger partial charge in [-0.3, -0.25) is 14.4 Å². The minimum Gasteiger partial charge on any atom is -0.466 e. The molecule has 0 bridgehead atoms. The second-order valence-corrected chi connectivity index (χ2v) is 21.8. The lowest BCUT2D eigenvalue weighted by atomic mass is 10.0. The predicted octanol–water partition coefficient (Wildman–Crippen LogP) is 14.1. The van der Waals surface area contributed by atoms with Gasteiger partial charge in [-0.05, 0) is 57.8 Å². The van der Waals surface area contributed by atoms with E-state index in [-0.39, 0.29) is 31.1 Å². The maximum absolute atomic E-state index is 12.9. The Morgan fingerprint density at radius 2 is 0.638 bits per heavy atom. The Kier molecular flexibility index (Phi) is 29.8. The summed E-state index contributed by atoms with van der Waals surface area (Å²) in [5, 5.41) is 0. The number of hydrogen-bond donors (Lipinski definition) is 0. The molecule has 0 aromatic heterocycles. The van der Waals surface area contributed by atoms with Crippen molar-refractivity contribution in [1.82, 2.24) is 0 Å². The van der Waals surface area contributed by atoms with E-state index in [1.54, 1.807) is 0 Å². The Bertz CT molecular complexity index is 1360. The molecular weight excluding hydrogens is 873 g/mol. The lowest BCUT2D eigenvalue weighted by Crippen LogP contribution is -2.27. The Morgan fingerprint density at radius 1 is 0.348 bits per heavy atom. The van der Waals surface area contributed by atoms with Crippen molar-refractivity contribution < 1.29 is 52.3 Å². The van der Waals surface area contributed by atoms with Crippen LogP contribution in [-0.4, -0.2) is 98.3 Å². The normalized spacial score (nSPS) is 26.7. The molecule has 5 rings (SSSR count). The third-order valence-corrected chi connectivity index (χ3v) is 15.4. The van der Waals surface area contributed by atoms with Gasteiger partial charge in [0.1, 0.15) is 12.7 Å². The molecule has 5 saturated heterocycles. The average molecular weight is 975 g/mol. The number of unbranched alkanes of at least 4 members (excludes halogenated alkanes) is 21. The Balaban J connectivity index is 0.860. The zero-order valence-electron chi connectivity index (χ0n) is 44.3. The van der Waals surface area contributed by atoms with E-state index < -0.39 is 6.10 Å². The van der Waals surface area contributed by atoms with Crippen LogP contribution in [0.3, 0.4) is 0 Å². The van der Waals surface area contributed by atoms with Crippen LogP contribution in [0.15, 0.2) is 0 Å². The topological polar surface area (TPSA) is 142 Å². The maximum Gasteiger partial charge on any atom is 0.306 e. The molecule has 0 saturated carbocycles. The van der Waals surface area contributed by atoms with Gasteiger partial charge in [0.25, 0.3) is 0 Å². The molecule has 0 aromatic rings. The zero-order valence-corrected chi connectivity index (χ0v) is 44.3. The Hall–Kier alpha value is -1.79. The van der Waals surface area contributed by atoms with Crippen LogP contribution in [0.4, 0.5) is 0 Å². The number of rotatable bonds is 49. The predicted molar refractivity (Wildman–Crippen MR) is 272 cm³/mol. The quantitative estimate of drug-likeness (QED) is 0.0249. The van der Waals surface area contributed by atoms with E-state index in [1.807, 2.05) is 0 Å². The molecule has 11 nitrogen and oxygen atoms in total. The average Bonchev–Trinajstić information content (AvgIpc) is 4.06. The fourth-order valence-corrected chi connectivity index (χ4v) is 10.5. The summed E-state index contributed by atoms with van der Waals surface area (Å²) in [6.07, 6.45) is 45.3. The van der Waals surface area contributed by atoms with Crippen LogP contribution in [0.25, 0.3) is 0 Å². The summed E-state index contributed by atoms with van der Waals surface area (Å²) in [5.41, 5.74) is 0. The number of carbonyl (C=O) groups excluding carboxylic acids is 3. The van der Waals surface area contributed by atoms with Gasteiger partial charge >= 0.3 is 17.9 Å². The molecule has 0 amide bonds. The van der Waals surface area contributed by atoms with Crippen molar-refractivity contribution in [3.8, 4) is 0 Å². The van der Waals surface area contributed by atoms with Crippen molar-refractivity contribution in [1.29, 1.82) is 0 Å². The van der Waals surface area contributed by atoms with Crippen molar-refractivity contribution in [3.63, 3.8) is 0 Å². The first-order valence-corrected chi connectivity index (χ1v) is 29.6. The SMILES string of the molecule is CCCCCCCCC1OC1CCCCCCCC(=O)OC(CCOC(=O)CCCCCCCC1OC1CC1OC1CCCCC)COC(=O)CCCCCCCC1OC1CC1OC1CCCCC. The highest BCUT2D eigenvalue weighted by molar-refractivity contribution is 5.70. The molecule has 0 radical (unpaired) electrons. The van der Waals surface area contributed by atoms with Crippen LogP contribution < -0.4 is 0 Å². The fraction of sp³-hybridized carbons (Fsp3) is 0.948. The van der Waals surface area contributed by atoms with E-state index >= 15 is 0 Å². The third-order valence-electron chi connectivity index (χ3n) is 15.4. The van der Waals surface area contributed by atoms with Crippen LogP contribution in [0.1, 0.15) is 271 Å². The fourth-order valence-electron chi connectivity index (χ4n) is 10.5. The number of epoxide rings is 5. The molecule has 11 heteroatoms. The minimum atomic E-state index is -0.636. The first kappa shape index (κ1) is 58.1. The monoisotopic (exact) mass is 975 g/mol. The number of carbonyl (C=O) groups is 3. The molecule has 69 heavy (non-hydrogen) atoms. The van der Waals surface area contributed by atoms with Crippen molar-refractivity contribution in [2.45, 2.75) is 338 Å². The Morgan fingerprint density at radius 3 is 1.04 bits per heavy atom. The second kappa shape index (κ2) is 35.4. The highest BCUT2D eigenvalue weighted by Gasteiger charge is 2.48. The highest BCUT2D eigenvalue weighted by atomic mass is 16.6. The van der Waals surface area contributed by atoms with E-state index in [9.17, 15) is 14.4 Å². The van der Waals surface area contributed by atoms with Crippen LogP contribution in [0.2, 0.25) is 0 Å². The van der Waals surface area contributed by atoms with Gasteiger partial charge < -0.3 is 37.9 Å². The zero-order chi connectivity index (χ0) is 48.7. The summed E-state index contributed by atoms with van der Waals surface area (Å²) in [6.45, 7) is 6.86. The molecule has 400 valence electrons. The first-order valence-electron chi connectivity index (χ1n) is 29.6. The molecule has 0 aromatic carbocycles. The van der Waals surface area contributed by atoms with Crippen LogP contribution in [0, 0.1) is 0 Å². The van der Waals surface area contributed by atoms with Gasteiger partial charge in [0.2, 0.25) is 0 Å². The lowest BCUT2D eigenvalue weighted by molar-refractivity contribution is -0.161. The summed E-state index contributed by atoms with van der Waals surface area (Å²) in [7, 11) is 0. The van der Waals surface area contributed by atoms with Gasteiger partial charge in [-0.1, -0.05) is 175 Å². The van der Waals surface area contributed by atoms with E-state index in [0.717, 1.165) is 122 Å². The van der Waals surface area contributed by atoms with E-state index in [0.29, 0.717) is 86.7 Å². The summed E-state index contributed by atoms with van der Waals surface area (Å²) >= 11 is 0. The molecule has 11 atom stereocenters. The molecule has 5 aliphatic heterocycles. The molecule has 0 N–H and O–H groups in total. The van der Waals surface area contributed by atoms with Crippen molar-refractivity contribution >= 4 is 17.9 Å². The molecule has 11 unspecified atom stereocenters. The Labute approximate surface area is 420 Å². The van der Waals surface area contributed by atoms with Crippen LogP contribution >= 0.6 is 0 Å². The van der Waals surface area contributed by atoms with Gasteiger partial charge in [-0.15, -0.1) is 0 Å². The van der Waals surface area contributed by atoms with Crippen LogP contribution in [-0.2, 0) is 52.3 Å².